The van der Waals surface area contributed by atoms with Crippen molar-refractivity contribution in [2.75, 3.05) is 33.9 Å². The number of rotatable bonds is 9. The van der Waals surface area contributed by atoms with Crippen molar-refractivity contribution in [2.45, 2.75) is 26.0 Å². The Hall–Kier alpha value is -2.05. The number of amidine groups is 1. The third-order valence-electron chi connectivity index (χ3n) is 2.98. The molecule has 1 unspecified atom stereocenters. The summed E-state index contributed by atoms with van der Waals surface area (Å²) in [5, 5.41) is 13.0. The number of benzene rings is 1. The first-order valence-electron chi connectivity index (χ1n) is 8.06. The number of nitrogens with one attached hydrogen (secondary N) is 1. The number of aliphatic hydroxyl groups is 1. The van der Waals surface area contributed by atoms with Crippen molar-refractivity contribution in [2.24, 2.45) is 4.99 Å². The summed E-state index contributed by atoms with van der Waals surface area (Å²) >= 11 is 0. The van der Waals surface area contributed by atoms with E-state index in [1.54, 1.807) is 11.0 Å². The summed E-state index contributed by atoms with van der Waals surface area (Å²) in [6.07, 6.45) is 1.13. The van der Waals surface area contributed by atoms with Crippen molar-refractivity contribution in [3.05, 3.63) is 36.9 Å². The number of ether oxygens (including phenoxy) is 2. The van der Waals surface area contributed by atoms with Gasteiger partial charge in [-0.15, -0.1) is 0 Å². The van der Waals surface area contributed by atoms with Gasteiger partial charge < -0.3 is 24.8 Å². The molecule has 134 valence electrons. The largest absolute Gasteiger partial charge is 0.491 e. The minimum absolute atomic E-state index is 0.244. The fourth-order valence-electron chi connectivity index (χ4n) is 1.75. The molecule has 6 heteroatoms. The molecule has 0 aliphatic carbocycles. The SMILES string of the molecule is C=CCOC(=Nc1ccc(OCC(O)CNC(C)C)cc1)N(C)C. The van der Waals surface area contributed by atoms with Crippen LogP contribution in [0.5, 0.6) is 5.75 Å². The second-order valence-electron chi connectivity index (χ2n) is 5.91. The minimum atomic E-state index is -0.544. The van der Waals surface area contributed by atoms with Crippen LogP contribution in [0.25, 0.3) is 0 Å². The molecule has 0 heterocycles. The molecule has 0 spiro atoms. The number of aliphatic imine (C=N–C) groups is 1. The normalized spacial score (nSPS) is 12.8. The fraction of sp³-hybridized carbons (Fsp3) is 0.500. The first-order valence-corrected chi connectivity index (χ1v) is 8.06. The zero-order valence-electron chi connectivity index (χ0n) is 15.0. The van der Waals surface area contributed by atoms with Gasteiger partial charge in [-0.05, 0) is 24.3 Å². The monoisotopic (exact) mass is 335 g/mol. The second kappa shape index (κ2) is 10.7. The summed E-state index contributed by atoms with van der Waals surface area (Å²) in [5.41, 5.74) is 0.761. The highest BCUT2D eigenvalue weighted by Crippen LogP contribution is 2.19. The van der Waals surface area contributed by atoms with Crippen molar-refractivity contribution in [1.82, 2.24) is 10.2 Å². The van der Waals surface area contributed by atoms with E-state index in [9.17, 15) is 5.11 Å². The van der Waals surface area contributed by atoms with Gasteiger partial charge in [-0.1, -0.05) is 26.5 Å². The van der Waals surface area contributed by atoms with E-state index in [1.165, 1.54) is 0 Å². The standard InChI is InChI=1S/C18H29N3O3/c1-6-11-23-18(21(4)5)20-15-7-9-17(10-8-15)24-13-16(22)12-19-14(2)3/h6-10,14,16,19,22H,1,11-13H2,2-5H3. The lowest BCUT2D eigenvalue weighted by molar-refractivity contribution is 0.104. The Balaban J connectivity index is 2.56. The van der Waals surface area contributed by atoms with Crippen molar-refractivity contribution in [3.63, 3.8) is 0 Å². The average molecular weight is 335 g/mol. The predicted molar refractivity (Wildman–Crippen MR) is 98.0 cm³/mol. The van der Waals surface area contributed by atoms with Crippen molar-refractivity contribution >= 4 is 11.7 Å². The summed E-state index contributed by atoms with van der Waals surface area (Å²) in [7, 11) is 3.73. The maximum Gasteiger partial charge on any atom is 0.292 e. The highest BCUT2D eigenvalue weighted by molar-refractivity contribution is 5.76. The maximum absolute atomic E-state index is 9.84. The van der Waals surface area contributed by atoms with Crippen LogP contribution < -0.4 is 10.1 Å². The topological polar surface area (TPSA) is 66.3 Å². The molecule has 0 saturated carbocycles. The third-order valence-corrected chi connectivity index (χ3v) is 2.98. The third kappa shape index (κ3) is 7.99. The van der Waals surface area contributed by atoms with Gasteiger partial charge in [0.1, 0.15) is 25.1 Å². The highest BCUT2D eigenvalue weighted by atomic mass is 16.5. The molecule has 6 nitrogen and oxygen atoms in total. The molecule has 1 aromatic carbocycles. The summed E-state index contributed by atoms with van der Waals surface area (Å²) in [5.74, 6) is 0.691. The zero-order chi connectivity index (χ0) is 17.9. The Kier molecular flexibility index (Phi) is 8.89. The van der Waals surface area contributed by atoms with Crippen LogP contribution in [0.3, 0.4) is 0 Å². The van der Waals surface area contributed by atoms with E-state index in [0.29, 0.717) is 31.0 Å². The molecule has 0 fully saturated rings. The van der Waals surface area contributed by atoms with Gasteiger partial charge in [0.25, 0.3) is 6.02 Å². The average Bonchev–Trinajstić information content (AvgIpc) is 2.55. The van der Waals surface area contributed by atoms with Gasteiger partial charge in [-0.25, -0.2) is 0 Å². The number of hydrogen-bond acceptors (Lipinski definition) is 5. The Bertz CT molecular complexity index is 513. The number of hydrogen-bond donors (Lipinski definition) is 2. The fourth-order valence-corrected chi connectivity index (χ4v) is 1.75. The van der Waals surface area contributed by atoms with E-state index < -0.39 is 6.10 Å². The predicted octanol–water partition coefficient (Wildman–Crippen LogP) is 2.18. The molecule has 1 aromatic rings. The van der Waals surface area contributed by atoms with Gasteiger partial charge in [-0.2, -0.15) is 4.99 Å². The summed E-state index contributed by atoms with van der Waals surface area (Å²) in [6, 6.07) is 8.18. The van der Waals surface area contributed by atoms with E-state index in [1.807, 2.05) is 52.2 Å². The van der Waals surface area contributed by atoms with Gasteiger partial charge in [0.05, 0.1) is 5.69 Å². The Morgan fingerprint density at radius 3 is 2.54 bits per heavy atom. The van der Waals surface area contributed by atoms with Gasteiger partial charge in [0.2, 0.25) is 0 Å². The first-order chi connectivity index (χ1) is 11.4. The molecular weight excluding hydrogens is 306 g/mol. The molecular formula is C18H29N3O3. The molecule has 24 heavy (non-hydrogen) atoms. The molecule has 1 atom stereocenters. The van der Waals surface area contributed by atoms with Crippen LogP contribution >= 0.6 is 0 Å². The van der Waals surface area contributed by atoms with Crippen molar-refractivity contribution in [1.29, 1.82) is 0 Å². The van der Waals surface area contributed by atoms with E-state index in [4.69, 9.17) is 9.47 Å². The van der Waals surface area contributed by atoms with Crippen LogP contribution in [0.15, 0.2) is 41.9 Å². The van der Waals surface area contributed by atoms with E-state index in [0.717, 1.165) is 5.69 Å². The maximum atomic E-state index is 9.84. The van der Waals surface area contributed by atoms with Crippen LogP contribution in [0.4, 0.5) is 5.69 Å². The smallest absolute Gasteiger partial charge is 0.292 e. The van der Waals surface area contributed by atoms with E-state index in [-0.39, 0.29) is 6.61 Å². The van der Waals surface area contributed by atoms with Crippen molar-refractivity contribution < 1.29 is 14.6 Å². The van der Waals surface area contributed by atoms with Crippen LogP contribution in [-0.2, 0) is 4.74 Å². The van der Waals surface area contributed by atoms with E-state index in [2.05, 4.69) is 16.9 Å². The Labute approximate surface area is 144 Å². The lowest BCUT2D eigenvalue weighted by atomic mass is 10.3. The Morgan fingerprint density at radius 1 is 1.33 bits per heavy atom. The van der Waals surface area contributed by atoms with Gasteiger partial charge in [0.15, 0.2) is 0 Å². The molecule has 0 bridgehead atoms. The van der Waals surface area contributed by atoms with Gasteiger partial charge >= 0.3 is 0 Å². The van der Waals surface area contributed by atoms with Gasteiger partial charge in [0, 0.05) is 26.7 Å². The number of nitrogens with zero attached hydrogens (tertiary/aromatic N) is 2. The van der Waals surface area contributed by atoms with E-state index >= 15 is 0 Å². The minimum Gasteiger partial charge on any atom is -0.491 e. The Morgan fingerprint density at radius 2 is 2.00 bits per heavy atom. The van der Waals surface area contributed by atoms with Crippen molar-refractivity contribution in [3.8, 4) is 5.75 Å². The lowest BCUT2D eigenvalue weighted by Gasteiger charge is -2.16. The zero-order valence-corrected chi connectivity index (χ0v) is 15.0. The molecule has 0 saturated heterocycles. The van der Waals surface area contributed by atoms with Crippen LogP contribution in [0.1, 0.15) is 13.8 Å². The molecule has 1 rings (SSSR count). The first kappa shape index (κ1) is 20.0. The van der Waals surface area contributed by atoms with Gasteiger partial charge in [-0.3, -0.25) is 0 Å². The molecule has 0 radical (unpaired) electrons. The highest BCUT2D eigenvalue weighted by Gasteiger charge is 2.07. The quantitative estimate of drug-likeness (QED) is 0.411. The summed E-state index contributed by atoms with van der Waals surface area (Å²) in [6.45, 7) is 8.85. The molecule has 0 aliphatic heterocycles. The summed E-state index contributed by atoms with van der Waals surface area (Å²) < 4.78 is 11.1. The molecule has 0 aliphatic rings. The van der Waals surface area contributed by atoms with Crippen LogP contribution in [-0.4, -0.2) is 62.0 Å². The molecule has 0 amide bonds. The molecule has 0 aromatic heterocycles. The second-order valence-corrected chi connectivity index (χ2v) is 5.91. The number of aliphatic hydroxyl groups excluding tert-OH is 1. The molecule has 2 N–H and O–H groups in total. The van der Waals surface area contributed by atoms with Crippen LogP contribution in [0.2, 0.25) is 0 Å². The summed E-state index contributed by atoms with van der Waals surface area (Å²) in [4.78, 5) is 6.24. The lowest BCUT2D eigenvalue weighted by Crippen LogP contribution is -2.35. The van der Waals surface area contributed by atoms with Crippen LogP contribution in [0, 0.1) is 0 Å².